The molecule has 3 rings (SSSR count). The average molecular weight is 364 g/mol. The molecule has 5 heteroatoms. The second-order valence-corrected chi connectivity index (χ2v) is 6.54. The van der Waals surface area contributed by atoms with Crippen molar-refractivity contribution in [3.05, 3.63) is 61.2 Å². The smallest absolute Gasteiger partial charge is 0.247 e. The molecule has 0 saturated carbocycles. The normalized spacial score (nSPS) is 16.0. The monoisotopic (exact) mass is 364 g/mol. The highest BCUT2D eigenvalue weighted by Gasteiger charge is 2.33. The van der Waals surface area contributed by atoms with Gasteiger partial charge in [-0.15, -0.1) is 6.58 Å². The summed E-state index contributed by atoms with van der Waals surface area (Å²) in [5, 5.41) is 2.93. The molecule has 1 N–H and O–H groups in total. The zero-order valence-corrected chi connectivity index (χ0v) is 15.5. The fraction of sp³-hybridized carbons (Fsp3) is 0.273. The van der Waals surface area contributed by atoms with Crippen molar-refractivity contribution < 1.29 is 14.3 Å². The molecular formula is C22H24N2O3. The van der Waals surface area contributed by atoms with E-state index in [1.54, 1.807) is 18.1 Å². The van der Waals surface area contributed by atoms with E-state index < -0.39 is 6.04 Å². The number of carbonyl (C=O) groups is 2. The van der Waals surface area contributed by atoms with Crippen LogP contribution in [0.1, 0.15) is 19.3 Å². The molecule has 1 aliphatic heterocycles. The molecule has 0 unspecified atom stereocenters. The van der Waals surface area contributed by atoms with E-state index in [9.17, 15) is 9.59 Å². The van der Waals surface area contributed by atoms with Gasteiger partial charge in [-0.2, -0.15) is 0 Å². The summed E-state index contributed by atoms with van der Waals surface area (Å²) in [7, 11) is 1.64. The first-order chi connectivity index (χ1) is 13.1. The Morgan fingerprint density at radius 3 is 2.70 bits per heavy atom. The SMILES string of the molecule is C=CCC(=O)N1CCC[C@@H]1C(=O)Nc1ccc(-c2cccc(OC)c2)cc1. The van der Waals surface area contributed by atoms with Gasteiger partial charge in [0.25, 0.3) is 0 Å². The van der Waals surface area contributed by atoms with Gasteiger partial charge in [-0.3, -0.25) is 9.59 Å². The van der Waals surface area contributed by atoms with E-state index in [0.717, 1.165) is 29.0 Å². The summed E-state index contributed by atoms with van der Waals surface area (Å²) in [6.45, 7) is 4.22. The number of carbonyl (C=O) groups excluding carboxylic acids is 2. The fourth-order valence-electron chi connectivity index (χ4n) is 3.35. The first-order valence-electron chi connectivity index (χ1n) is 9.08. The van der Waals surface area contributed by atoms with Gasteiger partial charge in [0.05, 0.1) is 7.11 Å². The topological polar surface area (TPSA) is 58.6 Å². The number of rotatable bonds is 6. The van der Waals surface area contributed by atoms with E-state index in [2.05, 4.69) is 11.9 Å². The van der Waals surface area contributed by atoms with Crippen molar-refractivity contribution in [2.75, 3.05) is 19.0 Å². The predicted octanol–water partition coefficient (Wildman–Crippen LogP) is 3.87. The first-order valence-corrected chi connectivity index (χ1v) is 9.08. The van der Waals surface area contributed by atoms with Crippen LogP contribution in [0.15, 0.2) is 61.2 Å². The van der Waals surface area contributed by atoms with Crippen LogP contribution in [0.5, 0.6) is 5.75 Å². The van der Waals surface area contributed by atoms with Gasteiger partial charge >= 0.3 is 0 Å². The maximum Gasteiger partial charge on any atom is 0.247 e. The number of hydrogen-bond acceptors (Lipinski definition) is 3. The Kier molecular flexibility index (Phi) is 5.91. The molecule has 2 aromatic rings. The Labute approximate surface area is 159 Å². The minimum absolute atomic E-state index is 0.0453. The Bertz CT molecular complexity index is 830. The van der Waals surface area contributed by atoms with Crippen molar-refractivity contribution in [2.24, 2.45) is 0 Å². The number of nitrogens with one attached hydrogen (secondary N) is 1. The van der Waals surface area contributed by atoms with Crippen molar-refractivity contribution in [3.63, 3.8) is 0 Å². The molecule has 27 heavy (non-hydrogen) atoms. The lowest BCUT2D eigenvalue weighted by molar-refractivity contribution is -0.135. The number of anilines is 1. The molecular weight excluding hydrogens is 340 g/mol. The third kappa shape index (κ3) is 4.37. The van der Waals surface area contributed by atoms with Gasteiger partial charge in [0.15, 0.2) is 0 Å². The molecule has 0 spiro atoms. The van der Waals surface area contributed by atoms with Gasteiger partial charge in [0.1, 0.15) is 11.8 Å². The summed E-state index contributed by atoms with van der Waals surface area (Å²) < 4.78 is 5.26. The van der Waals surface area contributed by atoms with Gasteiger partial charge in [-0.05, 0) is 48.2 Å². The lowest BCUT2D eigenvalue weighted by atomic mass is 10.0. The molecule has 1 aliphatic rings. The maximum absolute atomic E-state index is 12.6. The summed E-state index contributed by atoms with van der Waals surface area (Å²) >= 11 is 0. The molecule has 1 fully saturated rings. The van der Waals surface area contributed by atoms with E-state index >= 15 is 0 Å². The van der Waals surface area contributed by atoms with Gasteiger partial charge in [0.2, 0.25) is 11.8 Å². The number of likely N-dealkylation sites (tertiary alicyclic amines) is 1. The highest BCUT2D eigenvalue weighted by atomic mass is 16.5. The van der Waals surface area contributed by atoms with Gasteiger partial charge in [0, 0.05) is 18.7 Å². The second-order valence-electron chi connectivity index (χ2n) is 6.54. The van der Waals surface area contributed by atoms with Crippen LogP contribution in [0.25, 0.3) is 11.1 Å². The molecule has 5 nitrogen and oxygen atoms in total. The molecule has 2 amide bonds. The van der Waals surface area contributed by atoms with E-state index in [1.807, 2.05) is 48.5 Å². The van der Waals surface area contributed by atoms with Crippen molar-refractivity contribution in [1.29, 1.82) is 0 Å². The summed E-state index contributed by atoms with van der Waals surface area (Å²) in [4.78, 5) is 26.4. The third-order valence-corrected chi connectivity index (χ3v) is 4.75. The van der Waals surface area contributed by atoms with Crippen LogP contribution in [0.3, 0.4) is 0 Å². The number of methoxy groups -OCH3 is 1. The number of benzene rings is 2. The van der Waals surface area contributed by atoms with Crippen LogP contribution in [0.4, 0.5) is 5.69 Å². The minimum Gasteiger partial charge on any atom is -0.497 e. The lowest BCUT2D eigenvalue weighted by Gasteiger charge is -2.23. The Balaban J connectivity index is 1.68. The summed E-state index contributed by atoms with van der Waals surface area (Å²) in [6, 6.07) is 15.1. The third-order valence-electron chi connectivity index (χ3n) is 4.75. The fourth-order valence-corrected chi connectivity index (χ4v) is 3.35. The highest BCUT2D eigenvalue weighted by molar-refractivity contribution is 5.97. The zero-order chi connectivity index (χ0) is 19.2. The van der Waals surface area contributed by atoms with Crippen LogP contribution >= 0.6 is 0 Å². The largest absolute Gasteiger partial charge is 0.497 e. The standard InChI is InChI=1S/C22H24N2O3/c1-3-6-21(25)24-14-5-9-20(24)22(26)23-18-12-10-16(11-13-18)17-7-4-8-19(15-17)27-2/h3-4,7-8,10-13,15,20H,1,5-6,9,14H2,2H3,(H,23,26)/t20-/m1/s1. The molecule has 0 bridgehead atoms. The van der Waals surface area contributed by atoms with Crippen LogP contribution in [0.2, 0.25) is 0 Å². The molecule has 0 aromatic heterocycles. The van der Waals surface area contributed by atoms with Gasteiger partial charge in [-0.25, -0.2) is 0 Å². The van der Waals surface area contributed by atoms with Crippen molar-refractivity contribution in [2.45, 2.75) is 25.3 Å². The van der Waals surface area contributed by atoms with Crippen LogP contribution in [-0.4, -0.2) is 36.4 Å². The summed E-state index contributed by atoms with van der Waals surface area (Å²) in [5.41, 5.74) is 2.80. The number of amides is 2. The first kappa shape index (κ1) is 18.7. The molecule has 0 aliphatic carbocycles. The van der Waals surface area contributed by atoms with E-state index in [4.69, 9.17) is 4.74 Å². The Hall–Kier alpha value is -3.08. The lowest BCUT2D eigenvalue weighted by Crippen LogP contribution is -2.42. The van der Waals surface area contributed by atoms with Crippen LogP contribution < -0.4 is 10.1 Å². The highest BCUT2D eigenvalue weighted by Crippen LogP contribution is 2.26. The van der Waals surface area contributed by atoms with Crippen LogP contribution in [-0.2, 0) is 9.59 Å². The molecule has 1 heterocycles. The predicted molar refractivity (Wildman–Crippen MR) is 107 cm³/mol. The summed E-state index contributed by atoms with van der Waals surface area (Å²) in [5.74, 6) is 0.616. The van der Waals surface area contributed by atoms with Crippen molar-refractivity contribution in [3.8, 4) is 16.9 Å². The zero-order valence-electron chi connectivity index (χ0n) is 15.5. The second kappa shape index (κ2) is 8.54. The van der Waals surface area contributed by atoms with Gasteiger partial charge < -0.3 is 15.0 Å². The van der Waals surface area contributed by atoms with E-state index in [-0.39, 0.29) is 18.2 Å². The van der Waals surface area contributed by atoms with Crippen LogP contribution in [0, 0.1) is 0 Å². The quantitative estimate of drug-likeness (QED) is 0.792. The Morgan fingerprint density at radius 1 is 1.22 bits per heavy atom. The average Bonchev–Trinajstić information content (AvgIpc) is 3.19. The molecule has 2 aromatic carbocycles. The minimum atomic E-state index is -0.407. The molecule has 1 atom stereocenters. The Morgan fingerprint density at radius 2 is 2.00 bits per heavy atom. The van der Waals surface area contributed by atoms with E-state index in [0.29, 0.717) is 13.0 Å². The number of hydrogen-bond donors (Lipinski definition) is 1. The number of nitrogens with zero attached hydrogens (tertiary/aromatic N) is 1. The molecule has 140 valence electrons. The van der Waals surface area contributed by atoms with E-state index in [1.165, 1.54) is 0 Å². The molecule has 0 radical (unpaired) electrons. The van der Waals surface area contributed by atoms with Crippen molar-refractivity contribution in [1.82, 2.24) is 4.90 Å². The molecule has 1 saturated heterocycles. The van der Waals surface area contributed by atoms with Crippen molar-refractivity contribution >= 4 is 17.5 Å². The summed E-state index contributed by atoms with van der Waals surface area (Å²) in [6.07, 6.45) is 3.37. The maximum atomic E-state index is 12.6. The number of ether oxygens (including phenoxy) is 1. The van der Waals surface area contributed by atoms with Gasteiger partial charge in [-0.1, -0.05) is 30.3 Å².